The maximum atomic E-state index is 12.8. The van der Waals surface area contributed by atoms with E-state index in [9.17, 15) is 18.0 Å². The first kappa shape index (κ1) is 18.3. The Morgan fingerprint density at radius 1 is 1.23 bits per heavy atom. The molecular weight excluding hydrogens is 356 g/mol. The van der Waals surface area contributed by atoms with E-state index in [1.54, 1.807) is 30.5 Å². The van der Waals surface area contributed by atoms with Crippen molar-refractivity contribution in [3.63, 3.8) is 0 Å². The lowest BCUT2D eigenvalue weighted by atomic mass is 10.2. The van der Waals surface area contributed by atoms with Crippen LogP contribution >= 0.6 is 0 Å². The minimum absolute atomic E-state index is 0.144. The highest BCUT2D eigenvalue weighted by atomic mass is 32.2. The van der Waals surface area contributed by atoms with Crippen LogP contribution in [0.15, 0.2) is 47.5 Å². The van der Waals surface area contributed by atoms with Crippen LogP contribution in [0.2, 0.25) is 0 Å². The van der Waals surface area contributed by atoms with Crippen LogP contribution in [0.3, 0.4) is 0 Å². The molecule has 1 fully saturated rings. The normalized spacial score (nSPS) is 18.0. The van der Waals surface area contributed by atoms with Crippen molar-refractivity contribution in [3.8, 4) is 0 Å². The molecule has 0 spiro atoms. The number of nitrogens with one attached hydrogen (secondary N) is 1. The second kappa shape index (κ2) is 7.43. The van der Waals surface area contributed by atoms with Gasteiger partial charge in [-0.25, -0.2) is 8.42 Å². The fraction of sp³-hybridized carbons (Fsp3) is 0.333. The summed E-state index contributed by atoms with van der Waals surface area (Å²) >= 11 is 0. The van der Waals surface area contributed by atoms with E-state index >= 15 is 0 Å². The molecule has 8 heteroatoms. The Bertz CT molecular complexity index is 888. The fourth-order valence-electron chi connectivity index (χ4n) is 2.92. The molecule has 1 N–H and O–H groups in total. The molecule has 2 aromatic rings. The van der Waals surface area contributed by atoms with Crippen molar-refractivity contribution in [2.45, 2.75) is 30.7 Å². The number of rotatable bonds is 6. The van der Waals surface area contributed by atoms with Gasteiger partial charge in [0, 0.05) is 12.7 Å². The molecule has 26 heavy (non-hydrogen) atoms. The second-order valence-corrected chi connectivity index (χ2v) is 8.09. The number of aromatic amines is 1. The molecule has 0 amide bonds. The van der Waals surface area contributed by atoms with E-state index in [0.29, 0.717) is 18.5 Å². The minimum Gasteiger partial charge on any atom is -0.456 e. The summed E-state index contributed by atoms with van der Waals surface area (Å²) in [5.74, 6) is -1.06. The van der Waals surface area contributed by atoms with Gasteiger partial charge < -0.3 is 9.72 Å². The number of hydrogen-bond acceptors (Lipinski definition) is 5. The highest BCUT2D eigenvalue weighted by molar-refractivity contribution is 7.89. The van der Waals surface area contributed by atoms with Crippen LogP contribution in [0.5, 0.6) is 0 Å². The standard InChI is InChI=1S/C18H20N2O5S/c1-13-6-8-14(9-7-13)26(23,24)20-11-3-5-16(20)18(22)25-12-17(21)15-4-2-10-19-15/h2,4,6-10,16,19H,3,5,11-12H2,1H3/t16-/m1/s1. The summed E-state index contributed by atoms with van der Waals surface area (Å²) in [5, 5.41) is 0. The highest BCUT2D eigenvalue weighted by Gasteiger charge is 2.40. The van der Waals surface area contributed by atoms with E-state index in [0.717, 1.165) is 5.56 Å². The molecule has 1 aliphatic heterocycles. The van der Waals surface area contributed by atoms with Crippen molar-refractivity contribution < 1.29 is 22.7 Å². The second-order valence-electron chi connectivity index (χ2n) is 6.20. The average Bonchev–Trinajstić information content (AvgIpc) is 3.31. The summed E-state index contributed by atoms with van der Waals surface area (Å²) in [6, 6.07) is 8.83. The maximum Gasteiger partial charge on any atom is 0.324 e. The fourth-order valence-corrected chi connectivity index (χ4v) is 4.57. The van der Waals surface area contributed by atoms with Crippen LogP contribution in [0.25, 0.3) is 0 Å². The predicted octanol–water partition coefficient (Wildman–Crippen LogP) is 1.90. The van der Waals surface area contributed by atoms with Gasteiger partial charge in [-0.2, -0.15) is 4.31 Å². The van der Waals surface area contributed by atoms with Crippen LogP contribution < -0.4 is 0 Å². The number of ketones is 1. The summed E-state index contributed by atoms with van der Waals surface area (Å²) in [6.45, 7) is 1.70. The Labute approximate surface area is 152 Å². The Balaban J connectivity index is 1.70. The lowest BCUT2D eigenvalue weighted by molar-refractivity contribution is -0.146. The maximum absolute atomic E-state index is 12.8. The first-order valence-electron chi connectivity index (χ1n) is 8.31. The molecule has 0 radical (unpaired) electrons. The third kappa shape index (κ3) is 3.71. The average molecular weight is 376 g/mol. The number of ether oxygens (including phenoxy) is 1. The van der Waals surface area contributed by atoms with Crippen LogP contribution in [-0.2, 0) is 19.6 Å². The lowest BCUT2D eigenvalue weighted by Gasteiger charge is -2.22. The molecule has 0 aliphatic carbocycles. The molecule has 1 atom stereocenters. The zero-order valence-electron chi connectivity index (χ0n) is 14.3. The lowest BCUT2D eigenvalue weighted by Crippen LogP contribution is -2.41. The molecule has 1 aromatic heterocycles. The number of nitrogens with zero attached hydrogens (tertiary/aromatic N) is 1. The van der Waals surface area contributed by atoms with Crippen LogP contribution in [0.4, 0.5) is 0 Å². The minimum atomic E-state index is -3.79. The Hall–Kier alpha value is -2.45. The number of Topliss-reactive ketones (excluding diaryl/α,β-unsaturated/α-hetero) is 1. The molecule has 0 bridgehead atoms. The predicted molar refractivity (Wildman–Crippen MR) is 94.2 cm³/mol. The van der Waals surface area contributed by atoms with E-state index in [1.807, 2.05) is 6.92 Å². The quantitative estimate of drug-likeness (QED) is 0.614. The number of aryl methyl sites for hydroxylation is 1. The summed E-state index contributed by atoms with van der Waals surface area (Å²) in [7, 11) is -3.79. The number of H-pyrrole nitrogens is 1. The van der Waals surface area contributed by atoms with Crippen LogP contribution in [0.1, 0.15) is 28.9 Å². The Morgan fingerprint density at radius 2 is 1.96 bits per heavy atom. The molecule has 0 saturated carbocycles. The zero-order chi connectivity index (χ0) is 18.7. The number of carbonyl (C=O) groups excluding carboxylic acids is 2. The monoisotopic (exact) mass is 376 g/mol. The van der Waals surface area contributed by atoms with Crippen molar-refractivity contribution in [2.75, 3.05) is 13.2 Å². The number of hydrogen-bond donors (Lipinski definition) is 1. The SMILES string of the molecule is Cc1ccc(S(=O)(=O)N2CCC[C@@H]2C(=O)OCC(=O)c2ccc[nH]2)cc1. The molecule has 138 valence electrons. The summed E-state index contributed by atoms with van der Waals surface area (Å²) < 4.78 is 31.9. The third-order valence-corrected chi connectivity index (χ3v) is 6.27. The van der Waals surface area contributed by atoms with Gasteiger partial charge in [-0.05, 0) is 44.0 Å². The molecule has 0 unspecified atom stereocenters. The van der Waals surface area contributed by atoms with Crippen LogP contribution in [-0.4, -0.2) is 48.7 Å². The third-order valence-electron chi connectivity index (χ3n) is 4.35. The van der Waals surface area contributed by atoms with Crippen molar-refractivity contribution in [1.82, 2.24) is 9.29 Å². The first-order chi connectivity index (χ1) is 12.4. The van der Waals surface area contributed by atoms with Gasteiger partial charge in [-0.3, -0.25) is 9.59 Å². The summed E-state index contributed by atoms with van der Waals surface area (Å²) in [5.41, 5.74) is 1.29. The van der Waals surface area contributed by atoms with Crippen molar-refractivity contribution >= 4 is 21.8 Å². The largest absolute Gasteiger partial charge is 0.456 e. The van der Waals surface area contributed by atoms with Gasteiger partial charge >= 0.3 is 5.97 Å². The Morgan fingerprint density at radius 3 is 2.62 bits per heavy atom. The molecule has 1 aliphatic rings. The van der Waals surface area contributed by atoms with Crippen molar-refractivity contribution in [3.05, 3.63) is 53.9 Å². The summed E-state index contributed by atoms with van der Waals surface area (Å²) in [4.78, 5) is 27.2. The molecule has 1 aromatic carbocycles. The number of esters is 1. The van der Waals surface area contributed by atoms with Crippen LogP contribution in [0, 0.1) is 6.92 Å². The van der Waals surface area contributed by atoms with Gasteiger partial charge in [0.2, 0.25) is 15.8 Å². The van der Waals surface area contributed by atoms with Crippen molar-refractivity contribution in [1.29, 1.82) is 0 Å². The molecule has 3 rings (SSSR count). The van der Waals surface area contributed by atoms with Gasteiger partial charge in [0.05, 0.1) is 10.6 Å². The van der Waals surface area contributed by atoms with E-state index in [1.165, 1.54) is 16.4 Å². The van der Waals surface area contributed by atoms with E-state index in [2.05, 4.69) is 4.98 Å². The van der Waals surface area contributed by atoms with Gasteiger partial charge in [-0.1, -0.05) is 17.7 Å². The first-order valence-corrected chi connectivity index (χ1v) is 9.75. The van der Waals surface area contributed by atoms with Gasteiger partial charge in [0.15, 0.2) is 6.61 Å². The van der Waals surface area contributed by atoms with E-state index in [-0.39, 0.29) is 17.2 Å². The molecule has 2 heterocycles. The molecule has 7 nitrogen and oxygen atoms in total. The molecule has 1 saturated heterocycles. The molecular formula is C18H20N2O5S. The van der Waals surface area contributed by atoms with Gasteiger partial charge in [-0.15, -0.1) is 0 Å². The topological polar surface area (TPSA) is 96.5 Å². The smallest absolute Gasteiger partial charge is 0.324 e. The number of sulfonamides is 1. The number of aromatic nitrogens is 1. The van der Waals surface area contributed by atoms with Gasteiger partial charge in [0.25, 0.3) is 0 Å². The van der Waals surface area contributed by atoms with Gasteiger partial charge in [0.1, 0.15) is 6.04 Å². The van der Waals surface area contributed by atoms with Crippen molar-refractivity contribution in [2.24, 2.45) is 0 Å². The Kier molecular flexibility index (Phi) is 5.24. The van der Waals surface area contributed by atoms with E-state index in [4.69, 9.17) is 4.74 Å². The summed E-state index contributed by atoms with van der Waals surface area (Å²) in [6.07, 6.45) is 2.54. The zero-order valence-corrected chi connectivity index (χ0v) is 15.2. The van der Waals surface area contributed by atoms with E-state index < -0.39 is 28.6 Å². The highest BCUT2D eigenvalue weighted by Crippen LogP contribution is 2.27. The number of benzene rings is 1. The number of carbonyl (C=O) groups is 2.